The first-order valence-electron chi connectivity index (χ1n) is 3.64. The summed E-state index contributed by atoms with van der Waals surface area (Å²) >= 11 is 0. The Balaban J connectivity index is 2.62. The minimum absolute atomic E-state index is 0.297. The van der Waals surface area contributed by atoms with Crippen molar-refractivity contribution in [1.29, 1.82) is 0 Å². The highest BCUT2D eigenvalue weighted by atomic mass is 16.3. The van der Waals surface area contributed by atoms with Crippen LogP contribution >= 0.6 is 0 Å². The average Bonchev–Trinajstić information content (AvgIpc) is 1.88. The molecule has 0 aliphatic heterocycles. The predicted molar refractivity (Wildman–Crippen MR) is 42.4 cm³/mol. The van der Waals surface area contributed by atoms with Gasteiger partial charge < -0.3 is 5.11 Å². The van der Waals surface area contributed by atoms with Crippen molar-refractivity contribution >= 4 is 0 Å². The maximum Gasteiger partial charge on any atom is 0.125 e. The van der Waals surface area contributed by atoms with Crippen LogP contribution in [-0.4, -0.2) is 11.2 Å². The van der Waals surface area contributed by atoms with E-state index in [0.717, 1.165) is 12.0 Å². The summed E-state index contributed by atoms with van der Waals surface area (Å²) in [7, 11) is 0. The highest BCUT2D eigenvalue weighted by Gasteiger charge is 2.23. The Morgan fingerprint density at radius 3 is 3.00 bits per heavy atom. The second kappa shape index (κ2) is 2.93. The maximum atomic E-state index is 9.37. The number of aliphatic hydroxyl groups is 1. The van der Waals surface area contributed by atoms with Crippen molar-refractivity contribution in [3.8, 4) is 0 Å². The molecule has 0 fully saturated rings. The lowest BCUT2D eigenvalue weighted by Crippen LogP contribution is -2.21. The van der Waals surface area contributed by atoms with Crippen molar-refractivity contribution in [1.82, 2.24) is 0 Å². The molecule has 1 aliphatic carbocycles. The summed E-state index contributed by atoms with van der Waals surface area (Å²) in [5.74, 6) is 0.297. The molecule has 0 saturated heterocycles. The van der Waals surface area contributed by atoms with Gasteiger partial charge in [0.1, 0.15) is 11.7 Å². The third-order valence-electron chi connectivity index (χ3n) is 1.85. The number of hydrogen-bond acceptors (Lipinski definition) is 1. The van der Waals surface area contributed by atoms with Crippen molar-refractivity contribution < 1.29 is 5.11 Å². The van der Waals surface area contributed by atoms with Gasteiger partial charge in [0.05, 0.1) is 6.42 Å². The van der Waals surface area contributed by atoms with Gasteiger partial charge in [-0.25, -0.2) is 0 Å². The van der Waals surface area contributed by atoms with Crippen LogP contribution in [0.25, 0.3) is 0 Å². The lowest BCUT2D eigenvalue weighted by Gasteiger charge is -2.16. The summed E-state index contributed by atoms with van der Waals surface area (Å²) in [6.45, 7) is 5.80. The molecule has 0 heterocycles. The van der Waals surface area contributed by atoms with Crippen LogP contribution in [0, 0.1) is 12.3 Å². The molecular weight excluding hydrogens is 124 g/mol. The van der Waals surface area contributed by atoms with E-state index in [0.29, 0.717) is 5.92 Å². The van der Waals surface area contributed by atoms with Gasteiger partial charge in [0, 0.05) is 18.6 Å². The van der Waals surface area contributed by atoms with E-state index >= 15 is 0 Å². The molecule has 1 heteroatoms. The van der Waals surface area contributed by atoms with Crippen LogP contribution in [0.5, 0.6) is 0 Å². The van der Waals surface area contributed by atoms with Crippen LogP contribution in [0.4, 0.5) is 0 Å². The predicted octanol–water partition coefficient (Wildman–Crippen LogP) is 1.70. The molecule has 2 atom stereocenters. The van der Waals surface area contributed by atoms with Crippen LogP contribution in [0.2, 0.25) is 0 Å². The summed E-state index contributed by atoms with van der Waals surface area (Å²) in [5.41, 5.74) is 0.914. The summed E-state index contributed by atoms with van der Waals surface area (Å²) in [4.78, 5) is 0. The molecule has 10 heavy (non-hydrogen) atoms. The largest absolute Gasteiger partial charge is 0.376 e. The minimum Gasteiger partial charge on any atom is -0.376 e. The third-order valence-corrected chi connectivity index (χ3v) is 1.85. The smallest absolute Gasteiger partial charge is 0.125 e. The molecule has 0 radical (unpaired) electrons. The molecule has 1 aliphatic rings. The number of rotatable bonds is 1. The Kier molecular flexibility index (Phi) is 2.17. The summed E-state index contributed by atoms with van der Waals surface area (Å²) in [5, 5.41) is 9.37. The summed E-state index contributed by atoms with van der Waals surface area (Å²) in [6, 6.07) is 0. The highest BCUT2D eigenvalue weighted by Crippen LogP contribution is 2.22. The standard InChI is InChI=1S/C9H13O/c1-3-8-5-4-7(2)6-9(8)10/h4-6,8-10H,2-3H2,1H3/q+1. The summed E-state index contributed by atoms with van der Waals surface area (Å²) in [6.07, 6.45) is 6.45. The molecule has 1 rings (SSSR count). The molecule has 0 aromatic carbocycles. The molecule has 0 saturated carbocycles. The van der Waals surface area contributed by atoms with E-state index in [1.54, 1.807) is 6.42 Å². The van der Waals surface area contributed by atoms with Gasteiger partial charge in [-0.15, -0.1) is 0 Å². The van der Waals surface area contributed by atoms with Crippen molar-refractivity contribution in [2.45, 2.75) is 19.4 Å². The fourth-order valence-electron chi connectivity index (χ4n) is 1.14. The van der Waals surface area contributed by atoms with E-state index < -0.39 is 0 Å². The molecule has 54 valence electrons. The Morgan fingerprint density at radius 1 is 1.80 bits per heavy atom. The zero-order chi connectivity index (χ0) is 7.56. The van der Waals surface area contributed by atoms with Crippen molar-refractivity contribution in [2.24, 2.45) is 5.92 Å². The monoisotopic (exact) mass is 137 g/mol. The average molecular weight is 137 g/mol. The fraction of sp³-hybridized carbons (Fsp3) is 0.444. The van der Waals surface area contributed by atoms with Gasteiger partial charge in [0.25, 0.3) is 0 Å². The quantitative estimate of drug-likeness (QED) is 0.545. The van der Waals surface area contributed by atoms with Crippen LogP contribution in [0.3, 0.4) is 0 Å². The Morgan fingerprint density at radius 2 is 2.50 bits per heavy atom. The molecule has 0 aromatic heterocycles. The van der Waals surface area contributed by atoms with E-state index in [4.69, 9.17) is 0 Å². The van der Waals surface area contributed by atoms with E-state index in [2.05, 4.69) is 13.5 Å². The van der Waals surface area contributed by atoms with E-state index in [1.807, 2.05) is 12.2 Å². The molecule has 1 N–H and O–H groups in total. The second-order valence-electron chi connectivity index (χ2n) is 2.66. The maximum absolute atomic E-state index is 9.37. The number of aliphatic hydroxyl groups excluding tert-OH is 1. The van der Waals surface area contributed by atoms with Crippen LogP contribution in [-0.2, 0) is 0 Å². The van der Waals surface area contributed by atoms with Gasteiger partial charge in [-0.3, -0.25) is 0 Å². The zero-order valence-corrected chi connectivity index (χ0v) is 6.25. The van der Waals surface area contributed by atoms with Crippen LogP contribution < -0.4 is 0 Å². The topological polar surface area (TPSA) is 20.2 Å². The van der Waals surface area contributed by atoms with Crippen molar-refractivity contribution in [3.05, 3.63) is 30.7 Å². The normalized spacial score (nSPS) is 32.0. The molecule has 1 nitrogen and oxygen atoms in total. The van der Waals surface area contributed by atoms with E-state index in [9.17, 15) is 5.11 Å². The third kappa shape index (κ3) is 1.42. The van der Waals surface area contributed by atoms with Gasteiger partial charge in [0.2, 0.25) is 0 Å². The lowest BCUT2D eigenvalue weighted by molar-refractivity contribution is 0.159. The first-order chi connectivity index (χ1) is 4.74. The second-order valence-corrected chi connectivity index (χ2v) is 2.66. The minimum atomic E-state index is -0.317. The molecule has 0 bridgehead atoms. The Bertz CT molecular complexity index is 158. The van der Waals surface area contributed by atoms with Gasteiger partial charge in [-0.2, -0.15) is 0 Å². The molecular formula is C9H13O+. The molecule has 0 aromatic rings. The van der Waals surface area contributed by atoms with Crippen LogP contribution in [0.15, 0.2) is 24.3 Å². The summed E-state index contributed by atoms with van der Waals surface area (Å²) < 4.78 is 0. The van der Waals surface area contributed by atoms with Crippen LogP contribution in [0.1, 0.15) is 13.3 Å². The van der Waals surface area contributed by atoms with E-state index in [1.165, 1.54) is 0 Å². The fourth-order valence-corrected chi connectivity index (χ4v) is 1.14. The number of hydrogen-bond donors (Lipinski definition) is 1. The van der Waals surface area contributed by atoms with Gasteiger partial charge in [0.15, 0.2) is 0 Å². The SMILES string of the molecule is C=C1C=CC(CC)C(O)[CH+]1. The molecule has 2 unspecified atom stereocenters. The zero-order valence-electron chi connectivity index (χ0n) is 6.25. The first kappa shape index (κ1) is 7.42. The molecule has 0 amide bonds. The first-order valence-corrected chi connectivity index (χ1v) is 3.64. The van der Waals surface area contributed by atoms with E-state index in [-0.39, 0.29) is 6.10 Å². The highest BCUT2D eigenvalue weighted by molar-refractivity contribution is 5.30. The van der Waals surface area contributed by atoms with Gasteiger partial charge in [-0.1, -0.05) is 6.92 Å². The van der Waals surface area contributed by atoms with Gasteiger partial charge >= 0.3 is 0 Å². The Labute approximate surface area is 62.1 Å². The number of allylic oxidation sites excluding steroid dienone is 1. The van der Waals surface area contributed by atoms with Gasteiger partial charge in [-0.05, 0) is 12.5 Å². The van der Waals surface area contributed by atoms with Crippen molar-refractivity contribution in [2.75, 3.05) is 0 Å². The lowest BCUT2D eigenvalue weighted by atomic mass is 9.89. The molecule has 0 spiro atoms. The Hall–Kier alpha value is -0.690. The van der Waals surface area contributed by atoms with Crippen molar-refractivity contribution in [3.63, 3.8) is 0 Å².